The molecule has 0 aromatic heterocycles. The summed E-state index contributed by atoms with van der Waals surface area (Å²) in [4.78, 5) is 11.0. The molecule has 0 spiro atoms. The number of anilines is 2. The number of benzene rings is 1. The average Bonchev–Trinajstić information content (AvgIpc) is 2.30. The van der Waals surface area contributed by atoms with Crippen molar-refractivity contribution in [3.63, 3.8) is 0 Å². The molecule has 5 heteroatoms. The third kappa shape index (κ3) is 3.38. The molecule has 0 radical (unpaired) electrons. The lowest BCUT2D eigenvalue weighted by Crippen LogP contribution is -2.40. The van der Waals surface area contributed by atoms with E-state index in [0.29, 0.717) is 6.61 Å². The summed E-state index contributed by atoms with van der Waals surface area (Å²) in [5, 5.41) is 12.4. The molecule has 1 fully saturated rings. The Morgan fingerprint density at radius 3 is 2.89 bits per heavy atom. The van der Waals surface area contributed by atoms with E-state index in [4.69, 9.17) is 15.6 Å². The van der Waals surface area contributed by atoms with Crippen LogP contribution in [0, 0.1) is 0 Å². The molecule has 2 rings (SSSR count). The van der Waals surface area contributed by atoms with Gasteiger partial charge in [0.2, 0.25) is 0 Å². The number of nitrogen functional groups attached to an aromatic ring is 1. The minimum Gasteiger partial charge on any atom is -0.478 e. The second-order valence-electron chi connectivity index (χ2n) is 5.55. The zero-order chi connectivity index (χ0) is 14.0. The van der Waals surface area contributed by atoms with Crippen LogP contribution in [-0.2, 0) is 4.74 Å². The molecule has 1 aromatic rings. The molecule has 1 atom stereocenters. The Morgan fingerprint density at radius 2 is 2.26 bits per heavy atom. The van der Waals surface area contributed by atoms with Gasteiger partial charge in [0.25, 0.3) is 0 Å². The minimum atomic E-state index is -1.01. The van der Waals surface area contributed by atoms with Crippen molar-refractivity contribution in [2.24, 2.45) is 0 Å². The molecule has 4 N–H and O–H groups in total. The van der Waals surface area contributed by atoms with Crippen LogP contribution in [-0.4, -0.2) is 29.3 Å². The summed E-state index contributed by atoms with van der Waals surface area (Å²) in [6.45, 7) is 4.84. The Balaban J connectivity index is 2.11. The predicted molar refractivity (Wildman–Crippen MR) is 74.5 cm³/mol. The Morgan fingerprint density at radius 1 is 1.53 bits per heavy atom. The van der Waals surface area contributed by atoms with Gasteiger partial charge in [0.1, 0.15) is 0 Å². The smallest absolute Gasteiger partial charge is 0.337 e. The zero-order valence-electron chi connectivity index (χ0n) is 11.3. The van der Waals surface area contributed by atoms with Crippen LogP contribution in [0.2, 0.25) is 0 Å². The van der Waals surface area contributed by atoms with Crippen molar-refractivity contribution in [3.05, 3.63) is 23.8 Å². The number of ether oxygens (including phenoxy) is 1. The standard InChI is InChI=1S/C14H20N2O3/c1-14(2)8-10(5-6-19-14)16-9-3-4-12(15)11(7-9)13(17)18/h3-4,7,10,16H,5-6,8,15H2,1-2H3,(H,17,18). The summed E-state index contributed by atoms with van der Waals surface area (Å²) in [7, 11) is 0. The van der Waals surface area contributed by atoms with Crippen LogP contribution in [0.5, 0.6) is 0 Å². The summed E-state index contributed by atoms with van der Waals surface area (Å²) in [6.07, 6.45) is 1.80. The quantitative estimate of drug-likeness (QED) is 0.730. The highest BCUT2D eigenvalue weighted by Gasteiger charge is 2.28. The van der Waals surface area contributed by atoms with E-state index in [1.807, 2.05) is 6.07 Å². The van der Waals surface area contributed by atoms with E-state index in [1.54, 1.807) is 12.1 Å². The van der Waals surface area contributed by atoms with E-state index in [2.05, 4.69) is 19.2 Å². The Labute approximate surface area is 112 Å². The maximum Gasteiger partial charge on any atom is 0.337 e. The zero-order valence-corrected chi connectivity index (χ0v) is 11.3. The van der Waals surface area contributed by atoms with Crippen molar-refractivity contribution in [2.45, 2.75) is 38.3 Å². The van der Waals surface area contributed by atoms with Crippen molar-refractivity contribution in [2.75, 3.05) is 17.7 Å². The fourth-order valence-corrected chi connectivity index (χ4v) is 2.42. The van der Waals surface area contributed by atoms with Gasteiger partial charge in [-0.25, -0.2) is 4.79 Å². The van der Waals surface area contributed by atoms with Crippen molar-refractivity contribution in [1.82, 2.24) is 0 Å². The first kappa shape index (κ1) is 13.7. The number of hydrogen-bond acceptors (Lipinski definition) is 4. The normalized spacial score (nSPS) is 21.9. The molecule has 5 nitrogen and oxygen atoms in total. The maximum absolute atomic E-state index is 11.0. The van der Waals surface area contributed by atoms with E-state index in [-0.39, 0.29) is 22.9 Å². The number of carboxylic acid groups (broad SMARTS) is 1. The first-order chi connectivity index (χ1) is 8.87. The average molecular weight is 264 g/mol. The molecular weight excluding hydrogens is 244 g/mol. The van der Waals surface area contributed by atoms with Crippen LogP contribution in [0.1, 0.15) is 37.0 Å². The number of carbonyl (C=O) groups is 1. The van der Waals surface area contributed by atoms with Crippen LogP contribution in [0.15, 0.2) is 18.2 Å². The molecule has 0 bridgehead atoms. The summed E-state index contributed by atoms with van der Waals surface area (Å²) >= 11 is 0. The largest absolute Gasteiger partial charge is 0.478 e. The van der Waals surface area contributed by atoms with Gasteiger partial charge in [-0.15, -0.1) is 0 Å². The number of aromatic carboxylic acids is 1. The molecule has 1 heterocycles. The van der Waals surface area contributed by atoms with Crippen molar-refractivity contribution >= 4 is 17.3 Å². The highest BCUT2D eigenvalue weighted by Crippen LogP contribution is 2.27. The Bertz CT molecular complexity index is 486. The lowest BCUT2D eigenvalue weighted by molar-refractivity contribution is -0.0553. The monoisotopic (exact) mass is 264 g/mol. The van der Waals surface area contributed by atoms with Gasteiger partial charge < -0.3 is 20.9 Å². The molecule has 0 amide bonds. The highest BCUT2D eigenvalue weighted by molar-refractivity contribution is 5.94. The number of rotatable bonds is 3. The lowest BCUT2D eigenvalue weighted by atomic mass is 9.93. The van der Waals surface area contributed by atoms with Crippen molar-refractivity contribution < 1.29 is 14.6 Å². The number of nitrogens with two attached hydrogens (primary N) is 1. The predicted octanol–water partition coefficient (Wildman–Crippen LogP) is 2.34. The molecule has 1 unspecified atom stereocenters. The van der Waals surface area contributed by atoms with Crippen LogP contribution in [0.3, 0.4) is 0 Å². The second-order valence-corrected chi connectivity index (χ2v) is 5.55. The van der Waals surface area contributed by atoms with E-state index < -0.39 is 5.97 Å². The van der Waals surface area contributed by atoms with E-state index in [1.165, 1.54) is 0 Å². The molecular formula is C14H20N2O3. The third-order valence-electron chi connectivity index (χ3n) is 3.35. The second kappa shape index (κ2) is 5.09. The maximum atomic E-state index is 11.0. The summed E-state index contributed by atoms with van der Waals surface area (Å²) in [5.41, 5.74) is 6.70. The van der Waals surface area contributed by atoms with Gasteiger partial charge in [0.15, 0.2) is 0 Å². The Kier molecular flexibility index (Phi) is 3.66. The Hall–Kier alpha value is -1.75. The molecule has 1 aliphatic rings. The number of nitrogens with one attached hydrogen (secondary N) is 1. The first-order valence-corrected chi connectivity index (χ1v) is 6.41. The van der Waals surface area contributed by atoms with Crippen molar-refractivity contribution in [1.29, 1.82) is 0 Å². The number of hydrogen-bond donors (Lipinski definition) is 3. The van der Waals surface area contributed by atoms with E-state index in [0.717, 1.165) is 18.5 Å². The SMILES string of the molecule is CC1(C)CC(Nc2ccc(N)c(C(=O)O)c2)CCO1. The molecule has 0 saturated carbocycles. The van der Waals surface area contributed by atoms with Crippen LogP contribution in [0.25, 0.3) is 0 Å². The van der Waals surface area contributed by atoms with E-state index >= 15 is 0 Å². The molecule has 104 valence electrons. The summed E-state index contributed by atoms with van der Waals surface area (Å²) in [5.74, 6) is -1.01. The van der Waals surface area contributed by atoms with Gasteiger partial charge in [0, 0.05) is 24.0 Å². The third-order valence-corrected chi connectivity index (χ3v) is 3.35. The van der Waals surface area contributed by atoms with Gasteiger partial charge in [-0.05, 0) is 44.9 Å². The minimum absolute atomic E-state index is 0.135. The van der Waals surface area contributed by atoms with Gasteiger partial charge in [0.05, 0.1) is 11.2 Å². The molecule has 1 saturated heterocycles. The molecule has 19 heavy (non-hydrogen) atoms. The van der Waals surface area contributed by atoms with Crippen LogP contribution in [0.4, 0.5) is 11.4 Å². The fourth-order valence-electron chi connectivity index (χ4n) is 2.42. The topological polar surface area (TPSA) is 84.6 Å². The van der Waals surface area contributed by atoms with Gasteiger partial charge in [-0.3, -0.25) is 0 Å². The first-order valence-electron chi connectivity index (χ1n) is 6.41. The van der Waals surface area contributed by atoms with Crippen LogP contribution < -0.4 is 11.1 Å². The lowest BCUT2D eigenvalue weighted by Gasteiger charge is -2.36. The van der Waals surface area contributed by atoms with Gasteiger partial charge in [-0.1, -0.05) is 0 Å². The van der Waals surface area contributed by atoms with Crippen LogP contribution >= 0.6 is 0 Å². The highest BCUT2D eigenvalue weighted by atomic mass is 16.5. The van der Waals surface area contributed by atoms with Gasteiger partial charge in [-0.2, -0.15) is 0 Å². The van der Waals surface area contributed by atoms with Crippen molar-refractivity contribution in [3.8, 4) is 0 Å². The fraction of sp³-hybridized carbons (Fsp3) is 0.500. The molecule has 0 aliphatic carbocycles. The molecule has 1 aliphatic heterocycles. The van der Waals surface area contributed by atoms with E-state index in [9.17, 15) is 4.79 Å². The number of carboxylic acids is 1. The van der Waals surface area contributed by atoms with Gasteiger partial charge >= 0.3 is 5.97 Å². The molecule has 1 aromatic carbocycles. The summed E-state index contributed by atoms with van der Waals surface area (Å²) < 4.78 is 5.66. The summed E-state index contributed by atoms with van der Waals surface area (Å²) in [6, 6.07) is 5.30.